The van der Waals surface area contributed by atoms with Gasteiger partial charge in [-0.3, -0.25) is 0 Å². The van der Waals surface area contributed by atoms with Gasteiger partial charge in [0.15, 0.2) is 0 Å². The van der Waals surface area contributed by atoms with Gasteiger partial charge < -0.3 is 10.1 Å². The van der Waals surface area contributed by atoms with Crippen LogP contribution in [0.25, 0.3) is 0 Å². The SMILES string of the molecule is COC(C)CCCNc1ccsc1. The van der Waals surface area contributed by atoms with Crippen LogP contribution in [0.2, 0.25) is 0 Å². The highest BCUT2D eigenvalue weighted by atomic mass is 32.1. The summed E-state index contributed by atoms with van der Waals surface area (Å²) >= 11 is 1.72. The fourth-order valence-electron chi connectivity index (χ4n) is 1.11. The van der Waals surface area contributed by atoms with E-state index < -0.39 is 0 Å². The second kappa shape index (κ2) is 6.00. The fourth-order valence-corrected chi connectivity index (χ4v) is 1.72. The lowest BCUT2D eigenvalue weighted by Crippen LogP contribution is -2.08. The molecule has 1 rings (SSSR count). The Morgan fingerprint density at radius 1 is 1.62 bits per heavy atom. The average molecular weight is 199 g/mol. The van der Waals surface area contributed by atoms with Gasteiger partial charge >= 0.3 is 0 Å². The third kappa shape index (κ3) is 4.29. The first kappa shape index (κ1) is 10.5. The maximum atomic E-state index is 5.16. The van der Waals surface area contributed by atoms with Gasteiger partial charge in [-0.15, -0.1) is 0 Å². The number of hydrogen-bond donors (Lipinski definition) is 1. The Balaban J connectivity index is 2.02. The molecular formula is C10H17NOS. The van der Waals surface area contributed by atoms with Crippen LogP contribution < -0.4 is 5.32 Å². The standard InChI is InChI=1S/C10H17NOS/c1-9(12-2)4-3-6-11-10-5-7-13-8-10/h5,7-9,11H,3-4,6H2,1-2H3. The normalized spacial score (nSPS) is 12.8. The molecule has 0 bridgehead atoms. The molecule has 0 spiro atoms. The molecule has 0 saturated heterocycles. The predicted octanol–water partition coefficient (Wildman–Crippen LogP) is 2.98. The molecule has 0 aliphatic heterocycles. The molecule has 1 heterocycles. The van der Waals surface area contributed by atoms with Crippen LogP contribution in [0.5, 0.6) is 0 Å². The van der Waals surface area contributed by atoms with Gasteiger partial charge in [-0.2, -0.15) is 11.3 Å². The van der Waals surface area contributed by atoms with E-state index in [1.54, 1.807) is 18.4 Å². The third-order valence-corrected chi connectivity index (χ3v) is 2.72. The van der Waals surface area contributed by atoms with Crippen molar-refractivity contribution in [1.29, 1.82) is 0 Å². The van der Waals surface area contributed by atoms with Crippen LogP contribution in [-0.2, 0) is 4.74 Å². The molecule has 0 radical (unpaired) electrons. The van der Waals surface area contributed by atoms with Crippen LogP contribution in [0, 0.1) is 0 Å². The van der Waals surface area contributed by atoms with Crippen molar-refractivity contribution < 1.29 is 4.74 Å². The van der Waals surface area contributed by atoms with E-state index in [-0.39, 0.29) is 0 Å². The summed E-state index contributed by atoms with van der Waals surface area (Å²) in [5.41, 5.74) is 1.23. The minimum atomic E-state index is 0.379. The molecule has 1 aromatic rings. The van der Waals surface area contributed by atoms with Gasteiger partial charge in [0.25, 0.3) is 0 Å². The lowest BCUT2D eigenvalue weighted by atomic mass is 10.2. The fraction of sp³-hybridized carbons (Fsp3) is 0.600. The molecular weight excluding hydrogens is 182 g/mol. The molecule has 1 unspecified atom stereocenters. The topological polar surface area (TPSA) is 21.3 Å². The highest BCUT2D eigenvalue weighted by Gasteiger charge is 1.98. The van der Waals surface area contributed by atoms with Crippen molar-refractivity contribution in [2.24, 2.45) is 0 Å². The van der Waals surface area contributed by atoms with Crippen LogP contribution in [0.3, 0.4) is 0 Å². The molecule has 13 heavy (non-hydrogen) atoms. The summed E-state index contributed by atoms with van der Waals surface area (Å²) in [6, 6.07) is 2.10. The molecule has 0 aliphatic rings. The average Bonchev–Trinajstić information content (AvgIpc) is 2.64. The summed E-state index contributed by atoms with van der Waals surface area (Å²) in [5.74, 6) is 0. The zero-order chi connectivity index (χ0) is 9.52. The summed E-state index contributed by atoms with van der Waals surface area (Å²) in [6.07, 6.45) is 2.66. The predicted molar refractivity (Wildman–Crippen MR) is 58.5 cm³/mol. The Kier molecular flexibility index (Phi) is 4.86. The van der Waals surface area contributed by atoms with Crippen LogP contribution in [0.4, 0.5) is 5.69 Å². The highest BCUT2D eigenvalue weighted by molar-refractivity contribution is 7.08. The molecule has 1 N–H and O–H groups in total. The maximum Gasteiger partial charge on any atom is 0.0543 e. The Bertz CT molecular complexity index is 211. The van der Waals surface area contributed by atoms with E-state index >= 15 is 0 Å². The van der Waals surface area contributed by atoms with E-state index in [1.165, 1.54) is 5.69 Å². The molecule has 74 valence electrons. The molecule has 0 saturated carbocycles. The van der Waals surface area contributed by atoms with E-state index in [2.05, 4.69) is 29.1 Å². The number of thiophene rings is 1. The number of nitrogens with one attached hydrogen (secondary N) is 1. The Morgan fingerprint density at radius 3 is 3.08 bits per heavy atom. The molecule has 0 aliphatic carbocycles. The van der Waals surface area contributed by atoms with Crippen molar-refractivity contribution in [3.8, 4) is 0 Å². The van der Waals surface area contributed by atoms with Crippen molar-refractivity contribution in [2.45, 2.75) is 25.9 Å². The number of hydrogen-bond acceptors (Lipinski definition) is 3. The first-order valence-corrected chi connectivity index (χ1v) is 5.56. The van der Waals surface area contributed by atoms with E-state index in [0.29, 0.717) is 6.10 Å². The maximum absolute atomic E-state index is 5.16. The van der Waals surface area contributed by atoms with Gasteiger partial charge in [-0.05, 0) is 31.2 Å². The number of rotatable bonds is 6. The zero-order valence-corrected chi connectivity index (χ0v) is 9.06. The zero-order valence-electron chi connectivity index (χ0n) is 8.25. The first-order valence-electron chi connectivity index (χ1n) is 4.62. The first-order chi connectivity index (χ1) is 6.33. The van der Waals surface area contributed by atoms with Crippen LogP contribution in [0.1, 0.15) is 19.8 Å². The molecule has 2 nitrogen and oxygen atoms in total. The van der Waals surface area contributed by atoms with Gasteiger partial charge in [0.2, 0.25) is 0 Å². The van der Waals surface area contributed by atoms with Crippen molar-refractivity contribution in [2.75, 3.05) is 19.0 Å². The Morgan fingerprint density at radius 2 is 2.46 bits per heavy atom. The monoisotopic (exact) mass is 199 g/mol. The van der Waals surface area contributed by atoms with Crippen molar-refractivity contribution in [1.82, 2.24) is 0 Å². The lowest BCUT2D eigenvalue weighted by Gasteiger charge is -2.09. The van der Waals surface area contributed by atoms with E-state index in [0.717, 1.165) is 19.4 Å². The Labute approximate surface area is 83.9 Å². The highest BCUT2D eigenvalue weighted by Crippen LogP contribution is 2.11. The summed E-state index contributed by atoms with van der Waals surface area (Å²) in [5, 5.41) is 7.57. The smallest absolute Gasteiger partial charge is 0.0543 e. The van der Waals surface area contributed by atoms with Crippen molar-refractivity contribution in [3.05, 3.63) is 16.8 Å². The van der Waals surface area contributed by atoms with Gasteiger partial charge in [0.05, 0.1) is 6.10 Å². The summed E-state index contributed by atoms with van der Waals surface area (Å²) in [6.45, 7) is 3.13. The Hall–Kier alpha value is -0.540. The van der Waals surface area contributed by atoms with E-state index in [4.69, 9.17) is 4.74 Å². The van der Waals surface area contributed by atoms with Crippen LogP contribution in [-0.4, -0.2) is 19.8 Å². The number of methoxy groups -OCH3 is 1. The van der Waals surface area contributed by atoms with E-state index in [9.17, 15) is 0 Å². The molecule has 0 amide bonds. The largest absolute Gasteiger partial charge is 0.384 e. The minimum Gasteiger partial charge on any atom is -0.384 e. The summed E-state index contributed by atoms with van der Waals surface area (Å²) < 4.78 is 5.16. The number of ether oxygens (including phenoxy) is 1. The minimum absolute atomic E-state index is 0.379. The second-order valence-electron chi connectivity index (χ2n) is 3.13. The van der Waals surface area contributed by atoms with Crippen LogP contribution in [0.15, 0.2) is 16.8 Å². The molecule has 1 aromatic heterocycles. The van der Waals surface area contributed by atoms with E-state index in [1.807, 2.05) is 0 Å². The lowest BCUT2D eigenvalue weighted by molar-refractivity contribution is 0.110. The van der Waals surface area contributed by atoms with Crippen molar-refractivity contribution >= 4 is 17.0 Å². The number of anilines is 1. The summed E-state index contributed by atoms with van der Waals surface area (Å²) in [4.78, 5) is 0. The summed E-state index contributed by atoms with van der Waals surface area (Å²) in [7, 11) is 1.76. The molecule has 1 atom stereocenters. The second-order valence-corrected chi connectivity index (χ2v) is 3.91. The van der Waals surface area contributed by atoms with Crippen molar-refractivity contribution in [3.63, 3.8) is 0 Å². The van der Waals surface area contributed by atoms with Gasteiger partial charge in [-0.1, -0.05) is 0 Å². The van der Waals surface area contributed by atoms with Gasteiger partial charge in [0, 0.05) is 24.7 Å². The quantitative estimate of drug-likeness (QED) is 0.711. The molecule has 0 fully saturated rings. The molecule has 3 heteroatoms. The molecule has 0 aromatic carbocycles. The van der Waals surface area contributed by atoms with Crippen LogP contribution >= 0.6 is 11.3 Å². The van der Waals surface area contributed by atoms with Gasteiger partial charge in [0.1, 0.15) is 0 Å². The third-order valence-electron chi connectivity index (χ3n) is 2.04. The van der Waals surface area contributed by atoms with Gasteiger partial charge in [-0.25, -0.2) is 0 Å².